The van der Waals surface area contributed by atoms with Crippen LogP contribution in [0.25, 0.3) is 33.1 Å². The Kier molecular flexibility index (Phi) is 5.17. The lowest BCUT2D eigenvalue weighted by molar-refractivity contribution is -0.121. The van der Waals surface area contributed by atoms with Gasteiger partial charge >= 0.3 is 0 Å². The fourth-order valence-electron chi connectivity index (χ4n) is 3.62. The van der Waals surface area contributed by atoms with Gasteiger partial charge < -0.3 is 9.30 Å². The van der Waals surface area contributed by atoms with Gasteiger partial charge in [0, 0.05) is 10.4 Å². The number of fused-ring (bicyclic) bond motifs is 4. The molecule has 158 valence electrons. The molecule has 0 aliphatic carbocycles. The number of amides is 1. The topological polar surface area (TPSA) is 81.4 Å². The fourth-order valence-corrected chi connectivity index (χ4v) is 3.78. The first-order chi connectivity index (χ1) is 15.6. The second-order valence-electron chi connectivity index (χ2n) is 7.20. The molecule has 8 heteroatoms. The predicted octanol–water partition coefficient (Wildman–Crippen LogP) is 4.55. The van der Waals surface area contributed by atoms with Gasteiger partial charge in [-0.1, -0.05) is 29.8 Å². The van der Waals surface area contributed by atoms with Gasteiger partial charge in [-0.15, -0.1) is 0 Å². The molecule has 0 saturated heterocycles. The molecule has 0 bridgehead atoms. The number of aromatic nitrogens is 3. The van der Waals surface area contributed by atoms with Crippen LogP contribution in [0.1, 0.15) is 5.56 Å². The number of hydrazone groups is 1. The summed E-state index contributed by atoms with van der Waals surface area (Å²) in [4.78, 5) is 22.2. The summed E-state index contributed by atoms with van der Waals surface area (Å²) < 4.78 is 6.99. The maximum atomic E-state index is 12.7. The Morgan fingerprint density at radius 3 is 2.72 bits per heavy atom. The van der Waals surface area contributed by atoms with Crippen molar-refractivity contribution < 1.29 is 9.53 Å². The number of methoxy groups -OCH3 is 1. The first-order valence-corrected chi connectivity index (χ1v) is 10.3. The number of para-hydroxylation sites is 1. The van der Waals surface area contributed by atoms with E-state index in [0.717, 1.165) is 27.7 Å². The first kappa shape index (κ1) is 20.0. The number of carbonyl (C=O) groups excluding carboxylic acids is 1. The number of nitrogens with zero attached hydrogens (tertiary/aromatic N) is 4. The molecule has 5 aromatic rings. The summed E-state index contributed by atoms with van der Waals surface area (Å²) in [6, 6.07) is 20.5. The minimum Gasteiger partial charge on any atom is -0.497 e. The van der Waals surface area contributed by atoms with E-state index in [4.69, 9.17) is 26.3 Å². The zero-order valence-electron chi connectivity index (χ0n) is 17.1. The fraction of sp³-hybridized carbons (Fsp3) is 0.0833. The van der Waals surface area contributed by atoms with Crippen LogP contribution in [-0.2, 0) is 11.3 Å². The third-order valence-corrected chi connectivity index (χ3v) is 5.37. The van der Waals surface area contributed by atoms with E-state index in [0.29, 0.717) is 21.7 Å². The second-order valence-corrected chi connectivity index (χ2v) is 7.63. The first-order valence-electron chi connectivity index (χ1n) is 9.92. The van der Waals surface area contributed by atoms with Crippen molar-refractivity contribution in [2.24, 2.45) is 5.10 Å². The van der Waals surface area contributed by atoms with Crippen LogP contribution in [0.2, 0.25) is 5.02 Å². The molecule has 0 fully saturated rings. The molecule has 0 atom stereocenters. The van der Waals surface area contributed by atoms with Crippen molar-refractivity contribution in [3.63, 3.8) is 0 Å². The molecule has 1 N–H and O–H groups in total. The Balaban J connectivity index is 1.46. The minimum absolute atomic E-state index is 0.0533. The highest BCUT2D eigenvalue weighted by Gasteiger charge is 2.16. The van der Waals surface area contributed by atoms with Gasteiger partial charge in [-0.05, 0) is 54.1 Å². The standard InChI is InChI=1S/C24H18ClN5O2/c1-32-17-9-6-15(7-10-17)13-26-29-22(31)14-30-21-5-3-2-4-18(21)23-24(30)28-19-11-8-16(25)12-20(19)27-23/h2-13H,14H2,1H3,(H,29,31)/b26-13+. The van der Waals surface area contributed by atoms with Crippen LogP contribution in [0.5, 0.6) is 5.75 Å². The van der Waals surface area contributed by atoms with Crippen molar-refractivity contribution in [1.82, 2.24) is 20.0 Å². The Labute approximate surface area is 188 Å². The molecule has 32 heavy (non-hydrogen) atoms. The van der Waals surface area contributed by atoms with E-state index < -0.39 is 0 Å². The number of benzene rings is 3. The number of ether oxygens (including phenoxy) is 1. The van der Waals surface area contributed by atoms with Crippen LogP contribution in [0.15, 0.2) is 71.8 Å². The molecule has 0 unspecified atom stereocenters. The van der Waals surface area contributed by atoms with Gasteiger partial charge in [0.2, 0.25) is 0 Å². The summed E-state index contributed by atoms with van der Waals surface area (Å²) in [5.74, 6) is 0.490. The van der Waals surface area contributed by atoms with Crippen molar-refractivity contribution in [3.8, 4) is 5.75 Å². The molecule has 2 heterocycles. The van der Waals surface area contributed by atoms with Gasteiger partial charge in [-0.3, -0.25) is 4.79 Å². The smallest absolute Gasteiger partial charge is 0.260 e. The summed E-state index contributed by atoms with van der Waals surface area (Å²) in [7, 11) is 1.61. The number of carbonyl (C=O) groups is 1. The van der Waals surface area contributed by atoms with Crippen LogP contribution in [0.4, 0.5) is 0 Å². The Morgan fingerprint density at radius 1 is 1.09 bits per heavy atom. The van der Waals surface area contributed by atoms with Gasteiger partial charge in [-0.2, -0.15) is 5.10 Å². The van der Waals surface area contributed by atoms with E-state index >= 15 is 0 Å². The molecule has 0 radical (unpaired) electrons. The SMILES string of the molecule is COc1ccc(/C=N/NC(=O)Cn2c3ccccc3c3nc4cc(Cl)ccc4nc32)cc1. The van der Waals surface area contributed by atoms with Gasteiger partial charge in [0.05, 0.1) is 29.9 Å². The van der Waals surface area contributed by atoms with Crippen molar-refractivity contribution in [3.05, 3.63) is 77.3 Å². The highest BCUT2D eigenvalue weighted by molar-refractivity contribution is 6.31. The largest absolute Gasteiger partial charge is 0.497 e. The molecule has 5 rings (SSSR count). The maximum Gasteiger partial charge on any atom is 0.260 e. The van der Waals surface area contributed by atoms with E-state index in [2.05, 4.69) is 10.5 Å². The monoisotopic (exact) mass is 443 g/mol. The van der Waals surface area contributed by atoms with E-state index in [1.54, 1.807) is 25.5 Å². The van der Waals surface area contributed by atoms with Crippen molar-refractivity contribution >= 4 is 56.8 Å². The molecule has 0 saturated carbocycles. The quantitative estimate of drug-likeness (QED) is 0.319. The third kappa shape index (κ3) is 3.74. The average Bonchev–Trinajstić information content (AvgIpc) is 3.11. The molecular formula is C24H18ClN5O2. The van der Waals surface area contributed by atoms with Crippen LogP contribution in [-0.4, -0.2) is 33.8 Å². The van der Waals surface area contributed by atoms with E-state index in [1.165, 1.54) is 0 Å². The van der Waals surface area contributed by atoms with Gasteiger partial charge in [-0.25, -0.2) is 15.4 Å². The molecule has 2 aromatic heterocycles. The number of nitrogens with one attached hydrogen (secondary N) is 1. The predicted molar refractivity (Wildman–Crippen MR) is 126 cm³/mol. The Bertz CT molecular complexity index is 1490. The van der Waals surface area contributed by atoms with E-state index in [-0.39, 0.29) is 12.5 Å². The summed E-state index contributed by atoms with van der Waals surface area (Å²) >= 11 is 6.12. The van der Waals surface area contributed by atoms with Crippen molar-refractivity contribution in [1.29, 1.82) is 0 Å². The minimum atomic E-state index is -0.268. The summed E-state index contributed by atoms with van der Waals surface area (Å²) in [5, 5.41) is 5.59. The Morgan fingerprint density at radius 2 is 1.91 bits per heavy atom. The van der Waals surface area contributed by atoms with Crippen LogP contribution in [0, 0.1) is 0 Å². The molecule has 0 spiro atoms. The number of hydrogen-bond donors (Lipinski definition) is 1. The summed E-state index contributed by atoms with van der Waals surface area (Å²) in [6.45, 7) is 0.0533. The van der Waals surface area contributed by atoms with Crippen LogP contribution >= 0.6 is 11.6 Å². The lowest BCUT2D eigenvalue weighted by Crippen LogP contribution is -2.23. The highest BCUT2D eigenvalue weighted by atomic mass is 35.5. The van der Waals surface area contributed by atoms with Crippen LogP contribution in [0.3, 0.4) is 0 Å². The second kappa shape index (κ2) is 8.28. The molecule has 0 aliphatic rings. The summed E-state index contributed by atoms with van der Waals surface area (Å²) in [5.41, 5.74) is 7.09. The number of halogens is 1. The van der Waals surface area contributed by atoms with Gasteiger partial charge in [0.25, 0.3) is 5.91 Å². The average molecular weight is 444 g/mol. The van der Waals surface area contributed by atoms with Crippen molar-refractivity contribution in [2.45, 2.75) is 6.54 Å². The van der Waals surface area contributed by atoms with Gasteiger partial charge in [0.1, 0.15) is 17.8 Å². The normalized spacial score (nSPS) is 11.6. The molecular weight excluding hydrogens is 426 g/mol. The lowest BCUT2D eigenvalue weighted by atomic mass is 10.2. The molecule has 0 aliphatic heterocycles. The molecule has 3 aromatic carbocycles. The maximum absolute atomic E-state index is 12.7. The Hall–Kier alpha value is -3.97. The third-order valence-electron chi connectivity index (χ3n) is 5.13. The zero-order valence-corrected chi connectivity index (χ0v) is 17.9. The van der Waals surface area contributed by atoms with Crippen LogP contribution < -0.4 is 10.2 Å². The number of rotatable bonds is 5. The van der Waals surface area contributed by atoms with Gasteiger partial charge in [0.15, 0.2) is 5.65 Å². The lowest BCUT2D eigenvalue weighted by Gasteiger charge is -2.06. The van der Waals surface area contributed by atoms with E-state index in [9.17, 15) is 4.79 Å². The van der Waals surface area contributed by atoms with E-state index in [1.807, 2.05) is 59.2 Å². The molecule has 1 amide bonds. The summed E-state index contributed by atoms with van der Waals surface area (Å²) in [6.07, 6.45) is 1.58. The zero-order chi connectivity index (χ0) is 22.1. The molecule has 7 nitrogen and oxygen atoms in total. The number of hydrogen-bond acceptors (Lipinski definition) is 5. The van der Waals surface area contributed by atoms with Crippen molar-refractivity contribution in [2.75, 3.05) is 7.11 Å². The highest BCUT2D eigenvalue weighted by Crippen LogP contribution is 2.28.